The lowest BCUT2D eigenvalue weighted by atomic mass is 10.0. The van der Waals surface area contributed by atoms with Crippen molar-refractivity contribution < 1.29 is 24.5 Å². The first-order chi connectivity index (χ1) is 38.5. The molecule has 0 aromatic carbocycles. The molecule has 0 fully saturated rings. The van der Waals surface area contributed by atoms with Gasteiger partial charge in [0.25, 0.3) is 0 Å². The van der Waals surface area contributed by atoms with Crippen molar-refractivity contribution in [2.75, 3.05) is 13.2 Å². The van der Waals surface area contributed by atoms with Crippen LogP contribution >= 0.6 is 0 Å². The molecular weight excluding hydrogens is 959 g/mol. The highest BCUT2D eigenvalue weighted by molar-refractivity contribution is 5.76. The van der Waals surface area contributed by atoms with E-state index >= 15 is 0 Å². The highest BCUT2D eigenvalue weighted by atomic mass is 16.5. The average Bonchev–Trinajstić information content (AvgIpc) is 3.44. The largest absolute Gasteiger partial charge is 0.466 e. The van der Waals surface area contributed by atoms with Crippen molar-refractivity contribution in [3.05, 3.63) is 48.6 Å². The first-order valence-electron chi connectivity index (χ1n) is 34.9. The topological polar surface area (TPSA) is 95.9 Å². The Balaban J connectivity index is 3.40. The normalized spacial score (nSPS) is 12.8. The third-order valence-electron chi connectivity index (χ3n) is 16.0. The molecule has 2 atom stereocenters. The molecule has 6 heteroatoms. The summed E-state index contributed by atoms with van der Waals surface area (Å²) in [7, 11) is 0. The Hall–Kier alpha value is -2.18. The van der Waals surface area contributed by atoms with E-state index in [1.807, 2.05) is 6.08 Å². The van der Waals surface area contributed by atoms with Gasteiger partial charge in [0.1, 0.15) is 0 Å². The summed E-state index contributed by atoms with van der Waals surface area (Å²) in [5.74, 6) is -0.0626. The van der Waals surface area contributed by atoms with Gasteiger partial charge in [-0.15, -0.1) is 0 Å². The van der Waals surface area contributed by atoms with E-state index in [2.05, 4.69) is 55.6 Å². The van der Waals surface area contributed by atoms with Crippen molar-refractivity contribution >= 4 is 11.9 Å². The predicted molar refractivity (Wildman–Crippen MR) is 342 cm³/mol. The second-order valence-corrected chi connectivity index (χ2v) is 23.9. The molecule has 0 aromatic rings. The summed E-state index contributed by atoms with van der Waals surface area (Å²) in [5.41, 5.74) is 0. The third kappa shape index (κ3) is 63.0. The number of aliphatic hydroxyl groups excluding tert-OH is 2. The second kappa shape index (κ2) is 67.3. The lowest BCUT2D eigenvalue weighted by molar-refractivity contribution is -0.143. The van der Waals surface area contributed by atoms with E-state index in [-0.39, 0.29) is 18.5 Å². The summed E-state index contributed by atoms with van der Waals surface area (Å²) in [6, 6.07) is -0.628. The summed E-state index contributed by atoms with van der Waals surface area (Å²) >= 11 is 0. The van der Waals surface area contributed by atoms with Crippen molar-refractivity contribution in [2.45, 2.75) is 386 Å². The van der Waals surface area contributed by atoms with Gasteiger partial charge in [-0.25, -0.2) is 0 Å². The fourth-order valence-electron chi connectivity index (χ4n) is 10.7. The first-order valence-corrected chi connectivity index (χ1v) is 34.9. The van der Waals surface area contributed by atoms with Crippen LogP contribution in [0.4, 0.5) is 0 Å². The number of hydrogen-bond acceptors (Lipinski definition) is 5. The molecule has 0 aliphatic carbocycles. The smallest absolute Gasteiger partial charge is 0.305 e. The van der Waals surface area contributed by atoms with Crippen LogP contribution in [0.15, 0.2) is 48.6 Å². The number of nitrogens with one attached hydrogen (secondary N) is 1. The van der Waals surface area contributed by atoms with E-state index in [9.17, 15) is 19.8 Å². The first kappa shape index (κ1) is 75.8. The van der Waals surface area contributed by atoms with Gasteiger partial charge >= 0.3 is 5.97 Å². The summed E-state index contributed by atoms with van der Waals surface area (Å²) in [6.45, 7) is 4.86. The Kier molecular flexibility index (Phi) is 65.4. The minimum Gasteiger partial charge on any atom is -0.466 e. The number of rotatable bonds is 65. The molecule has 0 bridgehead atoms. The zero-order valence-electron chi connectivity index (χ0n) is 52.4. The van der Waals surface area contributed by atoms with E-state index < -0.39 is 12.1 Å². The molecule has 0 rings (SSSR count). The number of unbranched alkanes of at least 4 members (excludes halogenated alkanes) is 48. The van der Waals surface area contributed by atoms with Crippen LogP contribution in [0.25, 0.3) is 0 Å². The number of carbonyl (C=O) groups excluding carboxylic acids is 2. The molecule has 0 aromatic heterocycles. The van der Waals surface area contributed by atoms with Crippen molar-refractivity contribution in [2.24, 2.45) is 0 Å². The maximum Gasteiger partial charge on any atom is 0.305 e. The zero-order chi connectivity index (χ0) is 56.4. The standard InChI is InChI=1S/C72H135NO5/c1-3-5-7-9-11-13-15-17-18-19-34-37-41-44-48-52-56-60-64-70(75)69(68-74)73-71(76)65-61-57-53-49-45-42-38-35-32-30-28-26-24-22-20-21-23-25-27-29-31-33-36-39-43-47-51-55-59-63-67-78-72(77)66-62-58-54-50-46-40-16-14-12-10-8-6-4-2/h8,10,14,16,21,23,60,64,69-70,74-75H,3-7,9,11-13,15,17-20,22,24-59,61-63,65-68H2,1-2H3,(H,73,76)/b10-8-,16-14-,23-21-,64-60+. The number of hydrogen-bond donors (Lipinski definition) is 3. The van der Waals surface area contributed by atoms with Crippen LogP contribution in [0.5, 0.6) is 0 Å². The molecule has 3 N–H and O–H groups in total. The van der Waals surface area contributed by atoms with E-state index in [4.69, 9.17) is 4.74 Å². The Morgan fingerprint density at radius 1 is 0.359 bits per heavy atom. The molecule has 0 spiro atoms. The Morgan fingerprint density at radius 3 is 1.04 bits per heavy atom. The molecule has 6 nitrogen and oxygen atoms in total. The number of ether oxygens (including phenoxy) is 1. The zero-order valence-corrected chi connectivity index (χ0v) is 52.4. The molecule has 2 unspecified atom stereocenters. The number of aliphatic hydroxyl groups is 2. The molecular formula is C72H135NO5. The number of esters is 1. The van der Waals surface area contributed by atoms with Gasteiger partial charge in [-0.3, -0.25) is 9.59 Å². The Labute approximate surface area is 486 Å². The van der Waals surface area contributed by atoms with Crippen LogP contribution in [-0.2, 0) is 14.3 Å². The Bertz CT molecular complexity index is 1310. The highest BCUT2D eigenvalue weighted by Gasteiger charge is 2.18. The fourth-order valence-corrected chi connectivity index (χ4v) is 10.7. The molecule has 1 amide bonds. The van der Waals surface area contributed by atoms with Crippen LogP contribution in [0.3, 0.4) is 0 Å². The van der Waals surface area contributed by atoms with Gasteiger partial charge in [-0.1, -0.05) is 326 Å². The quantitative estimate of drug-likeness (QED) is 0.0320. The van der Waals surface area contributed by atoms with Crippen molar-refractivity contribution in [3.63, 3.8) is 0 Å². The highest BCUT2D eigenvalue weighted by Crippen LogP contribution is 2.18. The minimum atomic E-state index is -0.844. The van der Waals surface area contributed by atoms with Gasteiger partial charge in [0.15, 0.2) is 0 Å². The molecule has 458 valence electrons. The molecule has 0 saturated carbocycles. The number of carbonyl (C=O) groups is 2. The van der Waals surface area contributed by atoms with Gasteiger partial charge in [0.05, 0.1) is 25.4 Å². The maximum absolute atomic E-state index is 12.5. The predicted octanol–water partition coefficient (Wildman–Crippen LogP) is 22.5. The van der Waals surface area contributed by atoms with Crippen LogP contribution in [0.2, 0.25) is 0 Å². The fraction of sp³-hybridized carbons (Fsp3) is 0.861. The molecule has 0 heterocycles. The summed E-state index contributed by atoms with van der Waals surface area (Å²) < 4.78 is 5.47. The minimum absolute atomic E-state index is 0.00138. The van der Waals surface area contributed by atoms with Crippen LogP contribution < -0.4 is 5.32 Å². The average molecular weight is 1090 g/mol. The molecule has 0 aliphatic heterocycles. The van der Waals surface area contributed by atoms with Gasteiger partial charge in [-0.05, 0) is 83.5 Å². The lowest BCUT2D eigenvalue weighted by Crippen LogP contribution is -2.45. The second-order valence-electron chi connectivity index (χ2n) is 23.9. The van der Waals surface area contributed by atoms with E-state index in [1.165, 1.54) is 295 Å². The van der Waals surface area contributed by atoms with Crippen LogP contribution in [0.1, 0.15) is 373 Å². The van der Waals surface area contributed by atoms with Crippen molar-refractivity contribution in [3.8, 4) is 0 Å². The van der Waals surface area contributed by atoms with E-state index in [1.54, 1.807) is 6.08 Å². The maximum atomic E-state index is 12.5. The van der Waals surface area contributed by atoms with Gasteiger partial charge < -0.3 is 20.3 Å². The van der Waals surface area contributed by atoms with E-state index in [0.29, 0.717) is 19.4 Å². The monoisotopic (exact) mass is 1090 g/mol. The molecule has 78 heavy (non-hydrogen) atoms. The van der Waals surface area contributed by atoms with Crippen molar-refractivity contribution in [1.82, 2.24) is 5.32 Å². The summed E-state index contributed by atoms with van der Waals surface area (Å²) in [5, 5.41) is 23.2. The van der Waals surface area contributed by atoms with Gasteiger partial charge in [0.2, 0.25) is 5.91 Å². The molecule has 0 radical (unpaired) electrons. The third-order valence-corrected chi connectivity index (χ3v) is 16.0. The van der Waals surface area contributed by atoms with E-state index in [0.717, 1.165) is 51.4 Å². The van der Waals surface area contributed by atoms with Gasteiger partial charge in [0, 0.05) is 12.8 Å². The Morgan fingerprint density at radius 2 is 0.667 bits per heavy atom. The van der Waals surface area contributed by atoms with Crippen LogP contribution in [0, 0.1) is 0 Å². The number of allylic oxidation sites excluding steroid dienone is 7. The lowest BCUT2D eigenvalue weighted by Gasteiger charge is -2.20. The SMILES string of the molecule is CCC/C=C\C/C=C\CCCCCCCC(=O)OCCCCCCCCCCCCCC/C=C\CCCCCCCCCCCCCCCCC(=O)NC(CO)C(O)/C=C/CCCCCCCCCCCCCCCCCC. The summed E-state index contributed by atoms with van der Waals surface area (Å²) in [4.78, 5) is 24.5. The molecule has 0 saturated heterocycles. The molecule has 0 aliphatic rings. The van der Waals surface area contributed by atoms with Crippen LogP contribution in [-0.4, -0.2) is 47.4 Å². The summed E-state index contributed by atoms with van der Waals surface area (Å²) in [6.07, 6.45) is 87.6. The van der Waals surface area contributed by atoms with Crippen molar-refractivity contribution in [1.29, 1.82) is 0 Å². The van der Waals surface area contributed by atoms with Gasteiger partial charge in [-0.2, -0.15) is 0 Å². The number of amides is 1.